The molecule has 42 heavy (non-hydrogen) atoms. The average molecular weight is 545 g/mol. The molecule has 0 aliphatic carbocycles. The molecule has 0 unspecified atom stereocenters. The quantitative estimate of drug-likeness (QED) is 0.216. The van der Waals surface area contributed by atoms with E-state index in [9.17, 15) is 0 Å². The van der Waals surface area contributed by atoms with E-state index in [1.54, 1.807) is 0 Å². The molecule has 0 amide bonds. The van der Waals surface area contributed by atoms with Crippen molar-refractivity contribution in [3.63, 3.8) is 0 Å². The van der Waals surface area contributed by atoms with Crippen LogP contribution in [0, 0.1) is 0 Å². The molecule has 0 aliphatic rings. The molecule has 0 spiro atoms. The van der Waals surface area contributed by atoms with Crippen LogP contribution in [-0.2, 0) is 0 Å². The van der Waals surface area contributed by atoms with Crippen molar-refractivity contribution >= 4 is 33.2 Å². The van der Waals surface area contributed by atoms with Gasteiger partial charge in [0.25, 0.3) is 0 Å². The molecule has 7 rings (SSSR count). The molecule has 6 aromatic carbocycles. The summed E-state index contributed by atoms with van der Waals surface area (Å²) < 4.78 is 6.67. The van der Waals surface area contributed by atoms with Gasteiger partial charge in [-0.3, -0.25) is 0 Å². The van der Waals surface area contributed by atoms with Crippen LogP contribution in [0.4, 0.5) is 11.4 Å². The summed E-state index contributed by atoms with van der Waals surface area (Å²) >= 11 is 0. The van der Waals surface area contributed by atoms with Crippen molar-refractivity contribution in [3.05, 3.63) is 140 Å². The molecule has 0 aliphatic heterocycles. The largest absolute Gasteiger partial charge is 0.434 e. The van der Waals surface area contributed by atoms with E-state index in [4.69, 9.17) is 9.40 Å². The van der Waals surface area contributed by atoms with E-state index < -0.39 is 0 Å². The summed E-state index contributed by atoms with van der Waals surface area (Å²) in [4.78, 5) is 7.37. The smallest absolute Gasteiger partial charge is 0.228 e. The van der Waals surface area contributed by atoms with Crippen LogP contribution < -0.4 is 4.90 Å². The highest BCUT2D eigenvalue weighted by Crippen LogP contribution is 2.42. The van der Waals surface area contributed by atoms with Gasteiger partial charge in [0.15, 0.2) is 5.58 Å². The van der Waals surface area contributed by atoms with Gasteiger partial charge in [0, 0.05) is 16.8 Å². The maximum absolute atomic E-state index is 6.67. The van der Waals surface area contributed by atoms with Crippen LogP contribution in [-0.4, -0.2) is 10.5 Å². The highest BCUT2D eigenvalue weighted by molar-refractivity contribution is 5.98. The molecule has 0 fully saturated rings. The second kappa shape index (κ2) is 10.4. The zero-order chi connectivity index (χ0) is 28.7. The second-order valence-corrected chi connectivity index (χ2v) is 11.7. The first-order valence-electron chi connectivity index (χ1n) is 14.4. The van der Waals surface area contributed by atoms with Crippen LogP contribution in [0.3, 0.4) is 0 Å². The summed E-state index contributed by atoms with van der Waals surface area (Å²) in [5.74, 6) is 0.631. The van der Waals surface area contributed by atoms with E-state index in [2.05, 4.69) is 159 Å². The molecular formula is C39H32N2O. The van der Waals surface area contributed by atoms with Gasteiger partial charge in [0.2, 0.25) is 5.89 Å². The Bertz CT molecular complexity index is 1950. The molecule has 3 nitrogen and oxygen atoms in total. The number of aromatic nitrogens is 1. The number of oxazole rings is 1. The maximum atomic E-state index is 6.67. The molecule has 1 heterocycles. The van der Waals surface area contributed by atoms with Gasteiger partial charge >= 0.3 is 0 Å². The number of rotatable bonds is 5. The first-order valence-corrected chi connectivity index (χ1v) is 14.4. The van der Waals surface area contributed by atoms with Crippen molar-refractivity contribution in [2.75, 3.05) is 4.90 Å². The number of hydrogen-bond acceptors (Lipinski definition) is 3. The van der Waals surface area contributed by atoms with E-state index in [0.717, 1.165) is 33.4 Å². The van der Waals surface area contributed by atoms with Crippen molar-refractivity contribution < 1.29 is 4.42 Å². The third kappa shape index (κ3) is 4.73. The number of anilines is 2. The Morgan fingerprint density at radius 1 is 0.571 bits per heavy atom. The summed E-state index contributed by atoms with van der Waals surface area (Å²) in [7, 11) is 0. The number of benzene rings is 6. The van der Waals surface area contributed by atoms with Crippen molar-refractivity contribution in [1.29, 1.82) is 0 Å². The molecule has 0 N–H and O–H groups in total. The van der Waals surface area contributed by atoms with Gasteiger partial charge < -0.3 is 9.32 Å². The predicted octanol–water partition coefficient (Wildman–Crippen LogP) is 10.9. The van der Waals surface area contributed by atoms with Gasteiger partial charge in [-0.2, -0.15) is 0 Å². The molecule has 204 valence electrons. The molecule has 0 bridgehead atoms. The Morgan fingerprint density at radius 3 is 1.83 bits per heavy atom. The van der Waals surface area contributed by atoms with Crippen molar-refractivity contribution in [3.8, 4) is 33.7 Å². The zero-order valence-corrected chi connectivity index (χ0v) is 24.1. The molecule has 0 saturated carbocycles. The van der Waals surface area contributed by atoms with Crippen LogP contribution in [0.25, 0.3) is 55.6 Å². The second-order valence-electron chi connectivity index (χ2n) is 11.7. The third-order valence-electron chi connectivity index (χ3n) is 7.72. The standard InChI is InChI=1S/C39H32N2O/c1-39(2,3)41(32-25-30(27-14-6-4-7-15-27)24-31(26-32)28-16-8-5-9-17-28)36-23-13-22-35-37(36)42-38(40-35)34-21-12-19-29-18-10-11-20-33(29)34/h4-26H,1-3H3. The number of para-hydroxylation sites is 1. The fourth-order valence-corrected chi connectivity index (χ4v) is 5.86. The van der Waals surface area contributed by atoms with Crippen LogP contribution in [0.2, 0.25) is 0 Å². The van der Waals surface area contributed by atoms with Crippen molar-refractivity contribution in [2.45, 2.75) is 26.3 Å². The number of nitrogens with zero attached hydrogens (tertiary/aromatic N) is 2. The Balaban J connectivity index is 1.44. The summed E-state index contributed by atoms with van der Waals surface area (Å²) in [6.07, 6.45) is 0. The van der Waals surface area contributed by atoms with Gasteiger partial charge in [-0.25, -0.2) is 4.98 Å². The van der Waals surface area contributed by atoms with Gasteiger partial charge in [-0.1, -0.05) is 103 Å². The Kier molecular flexibility index (Phi) is 6.36. The van der Waals surface area contributed by atoms with E-state index in [1.165, 1.54) is 27.6 Å². The lowest BCUT2D eigenvalue weighted by Gasteiger charge is -2.38. The van der Waals surface area contributed by atoms with Crippen molar-refractivity contribution in [2.24, 2.45) is 0 Å². The fraction of sp³-hybridized carbons (Fsp3) is 0.103. The predicted molar refractivity (Wildman–Crippen MR) is 176 cm³/mol. The molecule has 3 heteroatoms. The molecule has 1 aromatic heterocycles. The van der Waals surface area contributed by atoms with Crippen LogP contribution in [0.15, 0.2) is 144 Å². The first kappa shape index (κ1) is 25.8. The molecule has 0 atom stereocenters. The highest BCUT2D eigenvalue weighted by atomic mass is 16.3. The molecule has 0 radical (unpaired) electrons. The molecule has 7 aromatic rings. The normalized spacial score (nSPS) is 11.7. The highest BCUT2D eigenvalue weighted by Gasteiger charge is 2.28. The number of fused-ring (bicyclic) bond motifs is 2. The van der Waals surface area contributed by atoms with E-state index in [0.29, 0.717) is 5.89 Å². The minimum Gasteiger partial charge on any atom is -0.434 e. The van der Waals surface area contributed by atoms with E-state index in [-0.39, 0.29) is 5.54 Å². The Morgan fingerprint density at radius 2 is 1.17 bits per heavy atom. The SMILES string of the molecule is CC(C)(C)N(c1cc(-c2ccccc2)cc(-c2ccccc2)c1)c1cccc2nc(-c3cccc4ccccc34)oc12. The van der Waals surface area contributed by atoms with Crippen LogP contribution in [0.5, 0.6) is 0 Å². The summed E-state index contributed by atoms with van der Waals surface area (Å²) in [6.45, 7) is 6.72. The Labute approximate surface area is 246 Å². The topological polar surface area (TPSA) is 29.3 Å². The lowest BCUT2D eigenvalue weighted by Crippen LogP contribution is -2.37. The maximum Gasteiger partial charge on any atom is 0.228 e. The third-order valence-corrected chi connectivity index (χ3v) is 7.72. The van der Waals surface area contributed by atoms with Gasteiger partial charge in [-0.15, -0.1) is 0 Å². The minimum absolute atomic E-state index is 0.260. The summed E-state index contributed by atoms with van der Waals surface area (Å²) in [6, 6.07) is 48.9. The lowest BCUT2D eigenvalue weighted by atomic mass is 9.95. The summed E-state index contributed by atoms with van der Waals surface area (Å²) in [5, 5.41) is 2.30. The Hall–Kier alpha value is -5.15. The van der Waals surface area contributed by atoms with E-state index >= 15 is 0 Å². The lowest BCUT2D eigenvalue weighted by molar-refractivity contribution is 0.554. The first-order chi connectivity index (χ1) is 20.5. The van der Waals surface area contributed by atoms with Crippen LogP contribution >= 0.6 is 0 Å². The summed E-state index contributed by atoms with van der Waals surface area (Å²) in [5.41, 5.74) is 9.14. The number of hydrogen-bond donors (Lipinski definition) is 0. The van der Waals surface area contributed by atoms with Gasteiger partial charge in [0.1, 0.15) is 5.52 Å². The van der Waals surface area contributed by atoms with E-state index in [1.807, 2.05) is 6.07 Å². The van der Waals surface area contributed by atoms with Gasteiger partial charge in [0.05, 0.1) is 5.69 Å². The minimum atomic E-state index is -0.260. The van der Waals surface area contributed by atoms with Crippen molar-refractivity contribution in [1.82, 2.24) is 4.98 Å². The van der Waals surface area contributed by atoms with Gasteiger partial charge in [-0.05, 0) is 90.2 Å². The van der Waals surface area contributed by atoms with Crippen LogP contribution in [0.1, 0.15) is 20.8 Å². The zero-order valence-electron chi connectivity index (χ0n) is 24.1. The molecule has 0 saturated heterocycles. The fourth-order valence-electron chi connectivity index (χ4n) is 5.86. The molecular weight excluding hydrogens is 512 g/mol. The average Bonchev–Trinajstić information content (AvgIpc) is 3.46. The monoisotopic (exact) mass is 544 g/mol.